The number of aromatic nitrogens is 3. The van der Waals surface area contributed by atoms with Gasteiger partial charge in [0.05, 0.1) is 24.8 Å². The number of ether oxygens (including phenoxy) is 2. The van der Waals surface area contributed by atoms with Crippen LogP contribution in [0.4, 0.5) is 5.82 Å². The number of hydrogen-bond donors (Lipinski definition) is 1. The fraction of sp³-hybridized carbons (Fsp3) is 0.269. The highest BCUT2D eigenvalue weighted by Crippen LogP contribution is 2.28. The minimum absolute atomic E-state index is 0.301. The summed E-state index contributed by atoms with van der Waals surface area (Å²) in [5.41, 5.74) is 4.46. The van der Waals surface area contributed by atoms with E-state index in [-0.39, 0.29) is 0 Å². The fourth-order valence-corrected chi connectivity index (χ4v) is 3.79. The lowest BCUT2D eigenvalue weighted by atomic mass is 10.1. The molecule has 4 aromatic rings. The van der Waals surface area contributed by atoms with Crippen molar-refractivity contribution in [2.45, 2.75) is 26.7 Å². The third-order valence-corrected chi connectivity index (χ3v) is 5.50. The maximum atomic E-state index is 12.5. The van der Waals surface area contributed by atoms with E-state index in [2.05, 4.69) is 29.4 Å². The van der Waals surface area contributed by atoms with Gasteiger partial charge in [0.2, 0.25) is 0 Å². The normalized spacial score (nSPS) is 10.9. The van der Waals surface area contributed by atoms with Crippen molar-refractivity contribution in [1.29, 1.82) is 0 Å². The van der Waals surface area contributed by atoms with Crippen molar-refractivity contribution in [1.82, 2.24) is 14.5 Å². The number of carbonyl (C=O) groups excluding carboxylic acids is 1. The number of aryl methyl sites for hydroxylation is 1. The zero-order valence-corrected chi connectivity index (χ0v) is 19.2. The smallest absolute Gasteiger partial charge is 0.341 e. The predicted molar refractivity (Wildman–Crippen MR) is 129 cm³/mol. The molecule has 0 atom stereocenters. The van der Waals surface area contributed by atoms with E-state index < -0.39 is 5.97 Å². The predicted octanol–water partition coefficient (Wildman–Crippen LogP) is 4.82. The molecular weight excluding hydrogens is 416 g/mol. The molecular formula is C26H28N4O3. The van der Waals surface area contributed by atoms with E-state index >= 15 is 0 Å². The molecule has 0 aliphatic carbocycles. The number of carbonyl (C=O) groups is 1. The Bertz CT molecular complexity index is 1250. The van der Waals surface area contributed by atoms with Crippen LogP contribution < -0.4 is 10.1 Å². The first-order valence-corrected chi connectivity index (χ1v) is 11.1. The van der Waals surface area contributed by atoms with Crippen LogP contribution in [0.15, 0.2) is 60.9 Å². The van der Waals surface area contributed by atoms with E-state index in [9.17, 15) is 4.79 Å². The first-order valence-electron chi connectivity index (χ1n) is 11.1. The summed E-state index contributed by atoms with van der Waals surface area (Å²) in [6.45, 7) is 4.81. The Labute approximate surface area is 193 Å². The molecule has 0 unspecified atom stereocenters. The number of pyridine rings is 1. The lowest BCUT2D eigenvalue weighted by Crippen LogP contribution is -2.14. The van der Waals surface area contributed by atoms with E-state index in [1.807, 2.05) is 34.9 Å². The Hall–Kier alpha value is -3.87. The van der Waals surface area contributed by atoms with Crippen LogP contribution >= 0.6 is 0 Å². The number of benzene rings is 2. The molecule has 0 saturated carbocycles. The average molecular weight is 445 g/mol. The van der Waals surface area contributed by atoms with Gasteiger partial charge < -0.3 is 14.8 Å². The minimum Gasteiger partial charge on any atom is -0.496 e. The second kappa shape index (κ2) is 10.2. The average Bonchev–Trinajstić information content (AvgIpc) is 3.26. The third kappa shape index (κ3) is 4.82. The van der Waals surface area contributed by atoms with Crippen molar-refractivity contribution in [3.05, 3.63) is 77.6 Å². The molecule has 0 bridgehead atoms. The Kier molecular flexibility index (Phi) is 6.88. The van der Waals surface area contributed by atoms with Crippen LogP contribution in [-0.4, -0.2) is 40.8 Å². The highest BCUT2D eigenvalue weighted by Gasteiger charge is 2.17. The van der Waals surface area contributed by atoms with Crippen LogP contribution in [0.5, 0.6) is 5.75 Å². The zero-order chi connectivity index (χ0) is 23.2. The first kappa shape index (κ1) is 22.3. The number of nitrogens with zero attached hydrogens (tertiary/aromatic N) is 3. The van der Waals surface area contributed by atoms with Gasteiger partial charge in [-0.15, -0.1) is 0 Å². The summed E-state index contributed by atoms with van der Waals surface area (Å²) in [6.07, 6.45) is 3.40. The largest absolute Gasteiger partial charge is 0.496 e. The Morgan fingerprint density at radius 1 is 1.09 bits per heavy atom. The van der Waals surface area contributed by atoms with Crippen LogP contribution in [0.1, 0.15) is 35.3 Å². The van der Waals surface area contributed by atoms with Gasteiger partial charge in [-0.1, -0.05) is 37.3 Å². The molecule has 0 aliphatic rings. The molecule has 1 N–H and O–H groups in total. The molecule has 0 aliphatic heterocycles. The lowest BCUT2D eigenvalue weighted by molar-refractivity contribution is 0.0527. The van der Waals surface area contributed by atoms with Gasteiger partial charge >= 0.3 is 5.97 Å². The van der Waals surface area contributed by atoms with Crippen molar-refractivity contribution in [3.63, 3.8) is 0 Å². The van der Waals surface area contributed by atoms with Gasteiger partial charge in [0.1, 0.15) is 29.3 Å². The topological polar surface area (TPSA) is 78.3 Å². The number of fused-ring (bicyclic) bond motifs is 1. The molecule has 0 radical (unpaired) electrons. The van der Waals surface area contributed by atoms with Crippen molar-refractivity contribution in [2.75, 3.05) is 25.6 Å². The first-order chi connectivity index (χ1) is 16.1. The van der Waals surface area contributed by atoms with Crippen LogP contribution in [0.2, 0.25) is 0 Å². The van der Waals surface area contributed by atoms with Crippen LogP contribution in [-0.2, 0) is 17.6 Å². The van der Waals surface area contributed by atoms with Gasteiger partial charge in [0.15, 0.2) is 0 Å². The monoisotopic (exact) mass is 444 g/mol. The van der Waals surface area contributed by atoms with Crippen molar-refractivity contribution < 1.29 is 14.3 Å². The van der Waals surface area contributed by atoms with Gasteiger partial charge in [-0.05, 0) is 49.1 Å². The molecule has 4 rings (SSSR count). The lowest BCUT2D eigenvalue weighted by Gasteiger charge is -2.13. The van der Waals surface area contributed by atoms with E-state index in [1.165, 1.54) is 5.56 Å². The van der Waals surface area contributed by atoms with Gasteiger partial charge in [-0.3, -0.25) is 4.57 Å². The van der Waals surface area contributed by atoms with Gasteiger partial charge in [0.25, 0.3) is 0 Å². The molecule has 0 amide bonds. The number of hydrogen-bond acceptors (Lipinski definition) is 6. The second-order valence-electron chi connectivity index (χ2n) is 7.57. The molecule has 33 heavy (non-hydrogen) atoms. The van der Waals surface area contributed by atoms with E-state index in [4.69, 9.17) is 14.5 Å². The fourth-order valence-electron chi connectivity index (χ4n) is 3.79. The minimum atomic E-state index is -0.400. The molecule has 0 spiro atoms. The zero-order valence-electron chi connectivity index (χ0n) is 19.2. The molecule has 7 nitrogen and oxygen atoms in total. The van der Waals surface area contributed by atoms with E-state index in [0.717, 1.165) is 35.2 Å². The maximum absolute atomic E-state index is 12.5. The highest BCUT2D eigenvalue weighted by atomic mass is 16.5. The Morgan fingerprint density at radius 2 is 1.91 bits per heavy atom. The summed E-state index contributed by atoms with van der Waals surface area (Å²) in [5.74, 6) is 1.56. The van der Waals surface area contributed by atoms with Gasteiger partial charge in [0, 0.05) is 12.6 Å². The summed E-state index contributed by atoms with van der Waals surface area (Å²) < 4.78 is 12.7. The van der Waals surface area contributed by atoms with E-state index in [1.54, 1.807) is 32.5 Å². The van der Waals surface area contributed by atoms with Crippen molar-refractivity contribution >= 4 is 22.8 Å². The number of methoxy groups -OCH3 is 1. The standard InChI is InChI=1S/C26H28N4O3/c1-4-19-15-21-22(16-23(19)32-3)30(17-28-21)24-12-11-20(26(31)33-5-2)25(29-24)27-14-13-18-9-7-6-8-10-18/h6-12,15-17H,4-5,13-14H2,1-3H3,(H,27,29). The summed E-state index contributed by atoms with van der Waals surface area (Å²) in [4.78, 5) is 21.8. The maximum Gasteiger partial charge on any atom is 0.341 e. The van der Waals surface area contributed by atoms with E-state index in [0.29, 0.717) is 30.4 Å². The number of nitrogens with one attached hydrogen (secondary N) is 1. The Morgan fingerprint density at radius 3 is 2.64 bits per heavy atom. The highest BCUT2D eigenvalue weighted by molar-refractivity contribution is 5.95. The number of rotatable bonds is 9. The summed E-state index contributed by atoms with van der Waals surface area (Å²) >= 11 is 0. The molecule has 2 aromatic carbocycles. The third-order valence-electron chi connectivity index (χ3n) is 5.50. The van der Waals surface area contributed by atoms with Crippen molar-refractivity contribution in [2.24, 2.45) is 0 Å². The number of imidazole rings is 1. The van der Waals surface area contributed by atoms with Gasteiger partial charge in [-0.25, -0.2) is 14.8 Å². The van der Waals surface area contributed by atoms with Crippen LogP contribution in [0, 0.1) is 0 Å². The Balaban J connectivity index is 1.69. The molecule has 0 saturated heterocycles. The number of esters is 1. The summed E-state index contributed by atoms with van der Waals surface area (Å²) in [5, 5.41) is 3.32. The molecule has 170 valence electrons. The molecule has 2 heterocycles. The molecule has 2 aromatic heterocycles. The van der Waals surface area contributed by atoms with Crippen LogP contribution in [0.25, 0.3) is 16.9 Å². The molecule has 7 heteroatoms. The SMILES string of the molecule is CCOC(=O)c1ccc(-n2cnc3cc(CC)c(OC)cc32)nc1NCCc1ccccc1. The quantitative estimate of drug-likeness (QED) is 0.373. The van der Waals surface area contributed by atoms with Gasteiger partial charge in [-0.2, -0.15) is 0 Å². The van der Waals surface area contributed by atoms with Crippen molar-refractivity contribution in [3.8, 4) is 11.6 Å². The summed E-state index contributed by atoms with van der Waals surface area (Å²) in [6, 6.07) is 17.7. The second-order valence-corrected chi connectivity index (χ2v) is 7.57. The summed E-state index contributed by atoms with van der Waals surface area (Å²) in [7, 11) is 1.67. The molecule has 0 fully saturated rings. The number of anilines is 1. The van der Waals surface area contributed by atoms with Crippen LogP contribution in [0.3, 0.4) is 0 Å².